The van der Waals surface area contributed by atoms with E-state index in [9.17, 15) is 19.5 Å². The Kier molecular flexibility index (Phi) is 6.84. The van der Waals surface area contributed by atoms with Gasteiger partial charge in [0.2, 0.25) is 5.91 Å². The summed E-state index contributed by atoms with van der Waals surface area (Å²) in [7, 11) is 0. The second-order valence-electron chi connectivity index (χ2n) is 8.14. The van der Waals surface area contributed by atoms with Crippen molar-refractivity contribution in [3.05, 3.63) is 94.5 Å². The monoisotopic (exact) mass is 473 g/mol. The van der Waals surface area contributed by atoms with Crippen LogP contribution in [0.3, 0.4) is 0 Å². The Balaban J connectivity index is 1.45. The van der Waals surface area contributed by atoms with Crippen LogP contribution in [0.1, 0.15) is 27.8 Å². The highest BCUT2D eigenvalue weighted by Crippen LogP contribution is 2.27. The van der Waals surface area contributed by atoms with Crippen LogP contribution in [-0.4, -0.2) is 27.5 Å². The second-order valence-corrected chi connectivity index (χ2v) is 9.32. The van der Waals surface area contributed by atoms with Crippen LogP contribution >= 0.6 is 11.8 Å². The molecule has 3 aromatic rings. The van der Waals surface area contributed by atoms with Gasteiger partial charge in [-0.2, -0.15) is 0 Å². The van der Waals surface area contributed by atoms with Crippen LogP contribution in [0, 0.1) is 13.8 Å². The maximum absolute atomic E-state index is 11.9. The number of aryl methyl sites for hydroxylation is 2. The minimum Gasteiger partial charge on any atom is -0.478 e. The van der Waals surface area contributed by atoms with Crippen LogP contribution in [0.2, 0.25) is 0 Å². The number of nitrogens with one attached hydrogen (secondary N) is 1. The molecule has 1 fully saturated rings. The fourth-order valence-corrected chi connectivity index (χ4v) is 4.66. The first-order valence-electron chi connectivity index (χ1n) is 10.7. The van der Waals surface area contributed by atoms with Gasteiger partial charge in [0, 0.05) is 0 Å². The van der Waals surface area contributed by atoms with Gasteiger partial charge in [0.15, 0.2) is 0 Å². The van der Waals surface area contributed by atoms with Gasteiger partial charge in [0.1, 0.15) is 11.5 Å². The highest BCUT2D eigenvalue weighted by Gasteiger charge is 2.31. The maximum atomic E-state index is 11.9. The Hall–Kier alpha value is -3.84. The maximum Gasteiger partial charge on any atom is 0.336 e. The van der Waals surface area contributed by atoms with Crippen LogP contribution in [-0.2, 0) is 16.0 Å². The number of benzene rings is 3. The average Bonchev–Trinajstić information content (AvgIpc) is 3.10. The average molecular weight is 474 g/mol. The van der Waals surface area contributed by atoms with Crippen LogP contribution in [0.25, 0.3) is 11.6 Å². The third kappa shape index (κ3) is 5.74. The third-order valence-corrected chi connectivity index (χ3v) is 6.28. The Morgan fingerprint density at radius 2 is 1.56 bits per heavy atom. The number of hydrogen-bond acceptors (Lipinski definition) is 5. The van der Waals surface area contributed by atoms with Crippen molar-refractivity contribution in [2.24, 2.45) is 0 Å². The molecule has 34 heavy (non-hydrogen) atoms. The SMILES string of the molecule is Cc1cc(C)cc(/C=C(/C(=O)O)c2ccc(Oc3ccc(CC4SC(=O)NC4=O)cc3)cc2)c1. The molecule has 0 aliphatic carbocycles. The Labute approximate surface area is 201 Å². The predicted molar refractivity (Wildman–Crippen MR) is 133 cm³/mol. The molecule has 7 heteroatoms. The molecule has 1 unspecified atom stereocenters. The third-order valence-electron chi connectivity index (χ3n) is 5.30. The first-order chi connectivity index (χ1) is 16.3. The Morgan fingerprint density at radius 1 is 0.971 bits per heavy atom. The number of carboxylic acid groups (broad SMARTS) is 1. The number of carboxylic acids is 1. The zero-order chi connectivity index (χ0) is 24.2. The molecule has 2 amide bonds. The molecule has 0 bridgehead atoms. The van der Waals surface area contributed by atoms with E-state index in [2.05, 4.69) is 5.32 Å². The molecule has 0 saturated carbocycles. The second kappa shape index (κ2) is 9.97. The van der Waals surface area contributed by atoms with E-state index in [1.165, 1.54) is 0 Å². The van der Waals surface area contributed by atoms with Crippen LogP contribution in [0.5, 0.6) is 11.5 Å². The zero-order valence-corrected chi connectivity index (χ0v) is 19.5. The van der Waals surface area contributed by atoms with Gasteiger partial charge in [0.05, 0.1) is 10.8 Å². The minimum absolute atomic E-state index is 0.202. The topological polar surface area (TPSA) is 92.7 Å². The van der Waals surface area contributed by atoms with E-state index in [1.807, 2.05) is 44.2 Å². The number of carbonyl (C=O) groups is 3. The number of carbonyl (C=O) groups excluding carboxylic acids is 2. The van der Waals surface area contributed by atoms with Gasteiger partial charge in [-0.1, -0.05) is 65.4 Å². The summed E-state index contributed by atoms with van der Waals surface area (Å²) < 4.78 is 5.88. The van der Waals surface area contributed by atoms with E-state index in [1.54, 1.807) is 42.5 Å². The van der Waals surface area contributed by atoms with Gasteiger partial charge in [0.25, 0.3) is 5.24 Å². The fraction of sp³-hybridized carbons (Fsp3) is 0.148. The number of hydrogen-bond donors (Lipinski definition) is 2. The van der Waals surface area contributed by atoms with Gasteiger partial charge in [-0.15, -0.1) is 0 Å². The molecule has 0 aromatic heterocycles. The van der Waals surface area contributed by atoms with Crippen molar-refractivity contribution in [1.29, 1.82) is 0 Å². The van der Waals surface area contributed by atoms with E-state index in [4.69, 9.17) is 4.74 Å². The molecule has 6 nitrogen and oxygen atoms in total. The van der Waals surface area contributed by atoms with Gasteiger partial charge in [-0.05, 0) is 67.3 Å². The molecular formula is C27H23NO5S. The molecule has 1 heterocycles. The lowest BCUT2D eigenvalue weighted by molar-refractivity contribution is -0.130. The summed E-state index contributed by atoms with van der Waals surface area (Å²) in [4.78, 5) is 34.9. The number of thioether (sulfide) groups is 1. The number of aliphatic carboxylic acids is 1. The summed E-state index contributed by atoms with van der Waals surface area (Å²) >= 11 is 1.01. The highest BCUT2D eigenvalue weighted by atomic mass is 32.2. The van der Waals surface area contributed by atoms with E-state index in [-0.39, 0.29) is 16.7 Å². The van der Waals surface area contributed by atoms with Crippen molar-refractivity contribution < 1.29 is 24.2 Å². The lowest BCUT2D eigenvalue weighted by atomic mass is 10.0. The van der Waals surface area contributed by atoms with Gasteiger partial charge in [-0.3, -0.25) is 14.9 Å². The molecule has 1 saturated heterocycles. The van der Waals surface area contributed by atoms with Crippen molar-refractivity contribution in [1.82, 2.24) is 5.32 Å². The summed E-state index contributed by atoms with van der Waals surface area (Å²) in [6.45, 7) is 3.96. The van der Waals surface area contributed by atoms with Crippen molar-refractivity contribution in [2.75, 3.05) is 0 Å². The zero-order valence-electron chi connectivity index (χ0n) is 18.7. The fourth-order valence-electron chi connectivity index (χ4n) is 3.80. The molecule has 3 aromatic carbocycles. The number of amides is 2. The lowest BCUT2D eigenvalue weighted by Crippen LogP contribution is -2.25. The first kappa shape index (κ1) is 23.3. The summed E-state index contributed by atoms with van der Waals surface area (Å²) in [5.41, 5.74) is 4.69. The van der Waals surface area contributed by atoms with E-state index in [0.717, 1.165) is 34.0 Å². The number of imide groups is 1. The number of ether oxygens (including phenoxy) is 1. The van der Waals surface area contributed by atoms with Crippen LogP contribution in [0.15, 0.2) is 66.7 Å². The number of rotatable bonds is 7. The first-order valence-corrected chi connectivity index (χ1v) is 11.6. The van der Waals surface area contributed by atoms with Gasteiger partial charge < -0.3 is 9.84 Å². The Morgan fingerprint density at radius 3 is 2.09 bits per heavy atom. The molecule has 1 aliphatic rings. The Bertz CT molecular complexity index is 1260. The molecule has 0 radical (unpaired) electrons. The molecule has 172 valence electrons. The quantitative estimate of drug-likeness (QED) is 0.342. The van der Waals surface area contributed by atoms with Crippen molar-refractivity contribution in [3.8, 4) is 11.5 Å². The normalized spacial score (nSPS) is 15.8. The summed E-state index contributed by atoms with van der Waals surface area (Å²) in [5, 5.41) is 11.3. The molecule has 4 rings (SSSR count). The standard InChI is InChI=1S/C27H23NO5S/c1-16-11-17(2)13-19(12-16)14-23(26(30)31)20-5-9-22(10-6-20)33-21-7-3-18(4-8-21)15-24-25(29)28-27(32)34-24/h3-14,24H,15H2,1-2H3,(H,30,31)(H,28,29,32)/b23-14+. The molecule has 1 aliphatic heterocycles. The molecule has 1 atom stereocenters. The van der Waals surface area contributed by atoms with Crippen LogP contribution in [0.4, 0.5) is 4.79 Å². The van der Waals surface area contributed by atoms with E-state index in [0.29, 0.717) is 23.5 Å². The minimum atomic E-state index is -1.00. The molecule has 0 spiro atoms. The van der Waals surface area contributed by atoms with Crippen molar-refractivity contribution in [3.63, 3.8) is 0 Å². The van der Waals surface area contributed by atoms with Crippen molar-refractivity contribution >= 4 is 40.5 Å². The van der Waals surface area contributed by atoms with Crippen LogP contribution < -0.4 is 10.1 Å². The van der Waals surface area contributed by atoms with Gasteiger partial charge >= 0.3 is 5.97 Å². The molecular weight excluding hydrogens is 450 g/mol. The van der Waals surface area contributed by atoms with Crippen molar-refractivity contribution in [2.45, 2.75) is 25.5 Å². The lowest BCUT2D eigenvalue weighted by Gasteiger charge is -2.10. The highest BCUT2D eigenvalue weighted by molar-refractivity contribution is 8.15. The van der Waals surface area contributed by atoms with E-state index >= 15 is 0 Å². The summed E-state index contributed by atoms with van der Waals surface area (Å²) in [6, 6.07) is 20.2. The summed E-state index contributed by atoms with van der Waals surface area (Å²) in [6.07, 6.45) is 2.13. The summed E-state index contributed by atoms with van der Waals surface area (Å²) in [5.74, 6) is -0.0775. The van der Waals surface area contributed by atoms with Gasteiger partial charge in [-0.25, -0.2) is 4.79 Å². The largest absolute Gasteiger partial charge is 0.478 e. The van der Waals surface area contributed by atoms with E-state index < -0.39 is 11.2 Å². The molecule has 2 N–H and O–H groups in total. The predicted octanol–water partition coefficient (Wildman–Crippen LogP) is 5.62. The smallest absolute Gasteiger partial charge is 0.336 e.